The SMILES string of the molecule is NN(C(=O)C12CCC(c3nc(-c4ccc(F)cc4)no3)(CC1)CC2)c1ncccc1Br. The molecule has 0 radical (unpaired) electrons. The third kappa shape index (κ3) is 3.36. The summed E-state index contributed by atoms with van der Waals surface area (Å²) in [6.45, 7) is 0. The number of hydrogen-bond acceptors (Lipinski definition) is 6. The van der Waals surface area contributed by atoms with Crippen molar-refractivity contribution < 1.29 is 13.7 Å². The van der Waals surface area contributed by atoms with E-state index < -0.39 is 5.41 Å². The van der Waals surface area contributed by atoms with E-state index in [2.05, 4.69) is 31.1 Å². The molecule has 31 heavy (non-hydrogen) atoms. The lowest BCUT2D eigenvalue weighted by atomic mass is 9.53. The highest BCUT2D eigenvalue weighted by atomic mass is 79.9. The second kappa shape index (κ2) is 7.49. The van der Waals surface area contributed by atoms with Crippen molar-refractivity contribution in [1.82, 2.24) is 15.1 Å². The van der Waals surface area contributed by atoms with Gasteiger partial charge in [-0.1, -0.05) is 5.16 Å². The first-order chi connectivity index (χ1) is 14.9. The van der Waals surface area contributed by atoms with Crippen LogP contribution in [0, 0.1) is 11.2 Å². The van der Waals surface area contributed by atoms with Gasteiger partial charge in [-0.3, -0.25) is 4.79 Å². The zero-order valence-corrected chi connectivity index (χ0v) is 18.3. The van der Waals surface area contributed by atoms with Gasteiger partial charge in [-0.25, -0.2) is 20.2 Å². The van der Waals surface area contributed by atoms with Crippen molar-refractivity contribution in [2.45, 2.75) is 43.9 Å². The highest BCUT2D eigenvalue weighted by Gasteiger charge is 2.56. The molecule has 3 aliphatic rings. The number of carbonyl (C=O) groups excluding carboxylic acids is 1. The summed E-state index contributed by atoms with van der Waals surface area (Å²) in [4.78, 5) is 22.2. The number of nitrogens with zero attached hydrogens (tertiary/aromatic N) is 4. The maximum atomic E-state index is 13.3. The number of aromatic nitrogens is 3. The van der Waals surface area contributed by atoms with E-state index in [-0.39, 0.29) is 17.1 Å². The topological polar surface area (TPSA) is 98.1 Å². The van der Waals surface area contributed by atoms with Crippen LogP contribution in [0.3, 0.4) is 0 Å². The molecule has 1 amide bonds. The molecule has 9 heteroatoms. The maximum absolute atomic E-state index is 13.3. The number of benzene rings is 1. The smallest absolute Gasteiger partial charge is 0.248 e. The van der Waals surface area contributed by atoms with Gasteiger partial charge < -0.3 is 4.52 Å². The summed E-state index contributed by atoms with van der Waals surface area (Å²) in [5.74, 6) is 7.27. The van der Waals surface area contributed by atoms with Gasteiger partial charge in [0, 0.05) is 17.2 Å². The zero-order chi connectivity index (χ0) is 21.6. The molecule has 2 heterocycles. The maximum Gasteiger partial charge on any atom is 0.248 e. The van der Waals surface area contributed by atoms with Crippen LogP contribution in [0.1, 0.15) is 44.4 Å². The quantitative estimate of drug-likeness (QED) is 0.331. The van der Waals surface area contributed by atoms with Gasteiger partial charge in [-0.15, -0.1) is 0 Å². The lowest BCUT2D eigenvalue weighted by Crippen LogP contribution is -2.55. The molecule has 0 saturated heterocycles. The molecule has 2 bridgehead atoms. The van der Waals surface area contributed by atoms with Crippen LogP contribution >= 0.6 is 15.9 Å². The second-order valence-electron chi connectivity index (χ2n) is 8.47. The summed E-state index contributed by atoms with van der Waals surface area (Å²) in [5, 5.41) is 5.30. The van der Waals surface area contributed by atoms with Gasteiger partial charge >= 0.3 is 0 Å². The molecule has 7 nitrogen and oxygen atoms in total. The first-order valence-corrected chi connectivity index (χ1v) is 11.0. The summed E-state index contributed by atoms with van der Waals surface area (Å²) < 4.78 is 19.5. The minimum absolute atomic E-state index is 0.0993. The predicted molar refractivity (Wildman–Crippen MR) is 115 cm³/mol. The van der Waals surface area contributed by atoms with Gasteiger partial charge in [0.2, 0.25) is 17.6 Å². The Labute approximate surface area is 186 Å². The summed E-state index contributed by atoms with van der Waals surface area (Å²) in [5.41, 5.74) is -0.00496. The fraction of sp³-hybridized carbons (Fsp3) is 0.364. The Kier molecular flexibility index (Phi) is 4.90. The summed E-state index contributed by atoms with van der Waals surface area (Å²) in [7, 11) is 0. The first kappa shape index (κ1) is 20.3. The Morgan fingerprint density at radius 3 is 2.42 bits per heavy atom. The minimum Gasteiger partial charge on any atom is -0.338 e. The first-order valence-electron chi connectivity index (χ1n) is 10.2. The molecular formula is C22H21BrFN5O2. The normalized spacial score (nSPS) is 24.9. The molecule has 3 fully saturated rings. The second-order valence-corrected chi connectivity index (χ2v) is 9.33. The molecule has 0 spiro atoms. The molecular weight excluding hydrogens is 465 g/mol. The predicted octanol–water partition coefficient (Wildman–Crippen LogP) is 4.53. The molecule has 2 N–H and O–H groups in total. The molecule has 3 aromatic rings. The van der Waals surface area contributed by atoms with Crippen molar-refractivity contribution in [3.8, 4) is 11.4 Å². The number of fused-ring (bicyclic) bond motifs is 3. The number of pyridine rings is 1. The van der Waals surface area contributed by atoms with E-state index in [1.807, 2.05) is 6.07 Å². The molecule has 0 aliphatic heterocycles. The third-order valence-electron chi connectivity index (χ3n) is 6.87. The average Bonchev–Trinajstić information content (AvgIpc) is 3.31. The van der Waals surface area contributed by atoms with Gasteiger partial charge in [0.1, 0.15) is 5.82 Å². The number of hydrazine groups is 1. The minimum atomic E-state index is -0.493. The molecule has 0 atom stereocenters. The molecule has 6 rings (SSSR count). The van der Waals surface area contributed by atoms with Crippen molar-refractivity contribution in [2.75, 3.05) is 5.01 Å². The van der Waals surface area contributed by atoms with Crippen LogP contribution in [0.4, 0.5) is 10.2 Å². The van der Waals surface area contributed by atoms with Gasteiger partial charge in [0.15, 0.2) is 5.82 Å². The van der Waals surface area contributed by atoms with Crippen LogP contribution in [0.5, 0.6) is 0 Å². The van der Waals surface area contributed by atoms with E-state index in [0.29, 0.717) is 46.8 Å². The Bertz CT molecular complexity index is 1110. The van der Waals surface area contributed by atoms with E-state index in [1.165, 1.54) is 17.1 Å². The lowest BCUT2D eigenvalue weighted by Gasteiger charge is -2.51. The van der Waals surface area contributed by atoms with E-state index in [9.17, 15) is 9.18 Å². The molecule has 1 aromatic carbocycles. The Morgan fingerprint density at radius 2 is 1.77 bits per heavy atom. The number of rotatable bonds is 4. The highest BCUT2D eigenvalue weighted by Crippen LogP contribution is 2.58. The largest absolute Gasteiger partial charge is 0.338 e. The fourth-order valence-electron chi connectivity index (χ4n) is 4.89. The van der Waals surface area contributed by atoms with Crippen LogP contribution < -0.4 is 10.9 Å². The summed E-state index contributed by atoms with van der Waals surface area (Å²) in [6.07, 6.45) is 6.07. The molecule has 2 aromatic heterocycles. The van der Waals surface area contributed by atoms with Crippen molar-refractivity contribution in [3.63, 3.8) is 0 Å². The van der Waals surface area contributed by atoms with Crippen LogP contribution in [0.15, 0.2) is 51.6 Å². The van der Waals surface area contributed by atoms with Crippen LogP contribution in [-0.2, 0) is 10.2 Å². The number of anilines is 1. The number of amides is 1. The standard InChI is InChI=1S/C22H21BrFN5O2/c23-16-2-1-13-26-18(16)29(25)20(30)22-10-7-21(8-11-22,9-12-22)19-27-17(28-31-19)14-3-5-15(24)6-4-14/h1-6,13H,7-12,25H2. The summed E-state index contributed by atoms with van der Waals surface area (Å²) in [6, 6.07) is 9.63. The van der Waals surface area contributed by atoms with Gasteiger partial charge in [-0.05, 0) is 90.9 Å². The Hall–Kier alpha value is -2.65. The van der Waals surface area contributed by atoms with Crippen LogP contribution in [0.2, 0.25) is 0 Å². The summed E-state index contributed by atoms with van der Waals surface area (Å²) >= 11 is 3.42. The van der Waals surface area contributed by atoms with Crippen molar-refractivity contribution >= 4 is 27.7 Å². The van der Waals surface area contributed by atoms with Crippen molar-refractivity contribution in [2.24, 2.45) is 11.3 Å². The third-order valence-corrected chi connectivity index (χ3v) is 7.49. The van der Waals surface area contributed by atoms with Gasteiger partial charge in [-0.2, -0.15) is 4.98 Å². The Balaban J connectivity index is 1.34. The number of carbonyl (C=O) groups is 1. The van der Waals surface area contributed by atoms with E-state index in [0.717, 1.165) is 19.3 Å². The van der Waals surface area contributed by atoms with Gasteiger partial charge in [0.25, 0.3) is 0 Å². The number of nitrogens with two attached hydrogens (primary N) is 1. The molecule has 3 aliphatic carbocycles. The molecule has 160 valence electrons. The van der Waals surface area contributed by atoms with Crippen LogP contribution in [-0.4, -0.2) is 21.0 Å². The van der Waals surface area contributed by atoms with E-state index >= 15 is 0 Å². The van der Waals surface area contributed by atoms with Gasteiger partial charge in [0.05, 0.1) is 9.89 Å². The molecule has 0 unspecified atom stereocenters. The lowest BCUT2D eigenvalue weighted by molar-refractivity contribution is -0.135. The monoisotopic (exact) mass is 485 g/mol. The van der Waals surface area contributed by atoms with Crippen molar-refractivity contribution in [3.05, 3.63) is 58.8 Å². The highest BCUT2D eigenvalue weighted by molar-refractivity contribution is 9.10. The molecule has 3 saturated carbocycles. The number of halogens is 2. The van der Waals surface area contributed by atoms with E-state index in [4.69, 9.17) is 10.4 Å². The average molecular weight is 486 g/mol. The fourth-order valence-corrected chi connectivity index (χ4v) is 5.33. The van der Waals surface area contributed by atoms with Crippen molar-refractivity contribution in [1.29, 1.82) is 0 Å². The zero-order valence-electron chi connectivity index (χ0n) is 16.7. The van der Waals surface area contributed by atoms with Crippen LogP contribution in [0.25, 0.3) is 11.4 Å². The van der Waals surface area contributed by atoms with E-state index in [1.54, 1.807) is 24.4 Å². The number of hydrogen-bond donors (Lipinski definition) is 1. The Morgan fingerprint density at radius 1 is 1.10 bits per heavy atom.